The molecule has 0 heterocycles. The molecule has 0 saturated heterocycles. The van der Waals surface area contributed by atoms with E-state index in [2.05, 4.69) is 4.72 Å². The smallest absolute Gasteiger partial charge is 0.207 e. The van der Waals surface area contributed by atoms with Crippen LogP contribution in [0.3, 0.4) is 0 Å². The van der Waals surface area contributed by atoms with Gasteiger partial charge in [-0.25, -0.2) is 13.1 Å². The second-order valence-electron chi connectivity index (χ2n) is 4.62. The van der Waals surface area contributed by atoms with Crippen molar-refractivity contribution in [2.24, 2.45) is 0 Å². The van der Waals surface area contributed by atoms with Gasteiger partial charge in [0.2, 0.25) is 10.0 Å². The number of sulfonamides is 1. The van der Waals surface area contributed by atoms with Crippen molar-refractivity contribution in [3.8, 4) is 0 Å². The van der Waals surface area contributed by atoms with E-state index in [0.29, 0.717) is 5.56 Å². The lowest BCUT2D eigenvalue weighted by atomic mass is 10.1. The molecular weight excluding hydrogens is 374 g/mol. The molecule has 3 nitrogen and oxygen atoms in total. The Morgan fingerprint density at radius 3 is 1.96 bits per heavy atom. The van der Waals surface area contributed by atoms with Crippen molar-refractivity contribution in [2.45, 2.75) is 17.6 Å². The number of hydrogen-bond acceptors (Lipinski definition) is 2. The average molecular weight is 384 g/mol. The highest BCUT2D eigenvalue weighted by molar-refractivity contribution is 7.89. The molecule has 0 aliphatic heterocycles. The molecule has 0 atom stereocenters. The lowest BCUT2D eigenvalue weighted by Gasteiger charge is -2.10. The zero-order valence-corrected chi connectivity index (χ0v) is 13.7. The lowest BCUT2D eigenvalue weighted by molar-refractivity contribution is -0.137. The SMILES string of the molecule is O=S(=O)(NCc1ccc(C(F)(F)F)cc1)c1cc(Cl)cc(Cl)c1. The van der Waals surface area contributed by atoms with Crippen molar-refractivity contribution >= 4 is 33.2 Å². The van der Waals surface area contributed by atoms with E-state index in [1.54, 1.807) is 0 Å². The van der Waals surface area contributed by atoms with E-state index in [0.717, 1.165) is 12.1 Å². The molecule has 0 aromatic heterocycles. The van der Waals surface area contributed by atoms with Crippen molar-refractivity contribution in [2.75, 3.05) is 0 Å². The molecule has 2 aromatic rings. The number of benzene rings is 2. The molecule has 2 rings (SSSR count). The Bertz CT molecular complexity index is 786. The van der Waals surface area contributed by atoms with Crippen molar-refractivity contribution in [1.29, 1.82) is 0 Å². The van der Waals surface area contributed by atoms with Crippen LogP contribution in [0, 0.1) is 0 Å². The Hall–Kier alpha value is -1.28. The Labute approximate surface area is 141 Å². The van der Waals surface area contributed by atoms with Crippen LogP contribution in [-0.4, -0.2) is 8.42 Å². The zero-order valence-electron chi connectivity index (χ0n) is 11.4. The molecule has 0 unspecified atom stereocenters. The van der Waals surface area contributed by atoms with Gasteiger partial charge in [-0.2, -0.15) is 13.2 Å². The highest BCUT2D eigenvalue weighted by Gasteiger charge is 2.29. The minimum Gasteiger partial charge on any atom is -0.207 e. The maximum atomic E-state index is 12.5. The molecular formula is C14H10Cl2F3NO2S. The van der Waals surface area contributed by atoms with Gasteiger partial charge in [-0.05, 0) is 35.9 Å². The molecule has 23 heavy (non-hydrogen) atoms. The van der Waals surface area contributed by atoms with Crippen LogP contribution in [0.1, 0.15) is 11.1 Å². The standard InChI is InChI=1S/C14H10Cl2F3NO2S/c15-11-5-12(16)7-13(6-11)23(21,22)20-8-9-1-3-10(4-2-9)14(17,18)19/h1-7,20H,8H2. The number of rotatable bonds is 4. The summed E-state index contributed by atoms with van der Waals surface area (Å²) in [6, 6.07) is 8.02. The zero-order chi connectivity index (χ0) is 17.3. The van der Waals surface area contributed by atoms with Crippen molar-refractivity contribution in [3.05, 3.63) is 63.6 Å². The molecule has 0 radical (unpaired) electrons. The Kier molecular flexibility index (Phi) is 5.25. The second kappa shape index (κ2) is 6.68. The van der Waals surface area contributed by atoms with E-state index in [1.807, 2.05) is 0 Å². The molecule has 0 spiro atoms. The van der Waals surface area contributed by atoms with Crippen molar-refractivity contribution < 1.29 is 21.6 Å². The lowest BCUT2D eigenvalue weighted by Crippen LogP contribution is -2.23. The summed E-state index contributed by atoms with van der Waals surface area (Å²) in [5, 5.41) is 0.319. The number of nitrogens with one attached hydrogen (secondary N) is 1. The molecule has 2 aromatic carbocycles. The Morgan fingerprint density at radius 2 is 1.48 bits per heavy atom. The number of halogens is 5. The van der Waals surface area contributed by atoms with Gasteiger partial charge in [0.25, 0.3) is 0 Å². The fourth-order valence-electron chi connectivity index (χ4n) is 1.76. The molecule has 0 amide bonds. The second-order valence-corrected chi connectivity index (χ2v) is 7.26. The summed E-state index contributed by atoms with van der Waals surface area (Å²) >= 11 is 11.5. The fourth-order valence-corrected chi connectivity index (χ4v) is 3.50. The quantitative estimate of drug-likeness (QED) is 0.845. The van der Waals surface area contributed by atoms with Crippen LogP contribution in [0.5, 0.6) is 0 Å². The van der Waals surface area contributed by atoms with Crippen molar-refractivity contribution in [3.63, 3.8) is 0 Å². The normalized spacial score (nSPS) is 12.4. The third-order valence-corrected chi connectivity index (χ3v) is 4.71. The third kappa shape index (κ3) is 4.84. The molecule has 0 aliphatic carbocycles. The highest BCUT2D eigenvalue weighted by atomic mass is 35.5. The summed E-state index contributed by atoms with van der Waals surface area (Å²) in [6.45, 7) is -0.162. The van der Waals surface area contributed by atoms with Gasteiger partial charge in [-0.1, -0.05) is 35.3 Å². The molecule has 0 bridgehead atoms. The predicted molar refractivity (Wildman–Crippen MR) is 81.9 cm³/mol. The van der Waals surface area contributed by atoms with E-state index in [1.165, 1.54) is 30.3 Å². The third-order valence-electron chi connectivity index (χ3n) is 2.89. The molecule has 124 valence electrons. The van der Waals surface area contributed by atoms with E-state index >= 15 is 0 Å². The van der Waals surface area contributed by atoms with Gasteiger partial charge < -0.3 is 0 Å². The van der Waals surface area contributed by atoms with E-state index in [4.69, 9.17) is 23.2 Å². The van der Waals surface area contributed by atoms with Crippen molar-refractivity contribution in [1.82, 2.24) is 4.72 Å². The van der Waals surface area contributed by atoms with Crippen LogP contribution in [0.4, 0.5) is 13.2 Å². The van der Waals surface area contributed by atoms with Crippen LogP contribution in [0.2, 0.25) is 10.0 Å². The van der Waals surface area contributed by atoms with Crippen LogP contribution < -0.4 is 4.72 Å². The predicted octanol–water partition coefficient (Wildman–Crippen LogP) is 4.49. The van der Waals surface area contributed by atoms with Gasteiger partial charge in [0.05, 0.1) is 10.5 Å². The minimum absolute atomic E-state index is 0.123. The van der Waals surface area contributed by atoms with Gasteiger partial charge in [-0.3, -0.25) is 0 Å². The molecule has 0 saturated carbocycles. The largest absolute Gasteiger partial charge is 0.416 e. The van der Waals surface area contributed by atoms with Gasteiger partial charge in [0.1, 0.15) is 0 Å². The molecule has 0 fully saturated rings. The monoisotopic (exact) mass is 383 g/mol. The summed E-state index contributed by atoms with van der Waals surface area (Å²) < 4.78 is 63.9. The van der Waals surface area contributed by atoms with E-state index < -0.39 is 21.8 Å². The van der Waals surface area contributed by atoms with E-state index in [9.17, 15) is 21.6 Å². The van der Waals surface area contributed by atoms with Gasteiger partial charge in [0.15, 0.2) is 0 Å². The molecule has 1 N–H and O–H groups in total. The summed E-state index contributed by atoms with van der Waals surface area (Å²) in [5.41, 5.74) is -0.416. The first kappa shape index (κ1) is 18.1. The summed E-state index contributed by atoms with van der Waals surface area (Å²) in [6.07, 6.45) is -4.43. The number of hydrogen-bond donors (Lipinski definition) is 1. The fraction of sp³-hybridized carbons (Fsp3) is 0.143. The maximum Gasteiger partial charge on any atom is 0.416 e. The van der Waals surface area contributed by atoms with Gasteiger partial charge >= 0.3 is 6.18 Å². The summed E-state index contributed by atoms with van der Waals surface area (Å²) in [4.78, 5) is -0.123. The van der Waals surface area contributed by atoms with Crippen LogP contribution >= 0.6 is 23.2 Å². The van der Waals surface area contributed by atoms with Gasteiger partial charge in [-0.15, -0.1) is 0 Å². The number of alkyl halides is 3. The topological polar surface area (TPSA) is 46.2 Å². The van der Waals surface area contributed by atoms with Crippen LogP contribution in [0.15, 0.2) is 47.4 Å². The van der Waals surface area contributed by atoms with Crippen LogP contribution in [-0.2, 0) is 22.7 Å². The highest BCUT2D eigenvalue weighted by Crippen LogP contribution is 2.29. The maximum absolute atomic E-state index is 12.5. The summed E-state index contributed by atoms with van der Waals surface area (Å²) in [5.74, 6) is 0. The molecule has 0 aliphatic rings. The van der Waals surface area contributed by atoms with E-state index in [-0.39, 0.29) is 21.5 Å². The first-order valence-electron chi connectivity index (χ1n) is 6.20. The summed E-state index contributed by atoms with van der Waals surface area (Å²) in [7, 11) is -3.88. The van der Waals surface area contributed by atoms with Gasteiger partial charge in [0, 0.05) is 16.6 Å². The molecule has 9 heteroatoms. The Morgan fingerprint density at radius 1 is 0.957 bits per heavy atom. The Balaban J connectivity index is 2.13. The first-order valence-corrected chi connectivity index (χ1v) is 8.44. The average Bonchev–Trinajstić information content (AvgIpc) is 2.44. The minimum atomic E-state index is -4.43. The first-order chi connectivity index (χ1) is 10.6. The van der Waals surface area contributed by atoms with Crippen LogP contribution in [0.25, 0.3) is 0 Å².